The van der Waals surface area contributed by atoms with E-state index in [-0.39, 0.29) is 6.04 Å². The van der Waals surface area contributed by atoms with Crippen molar-refractivity contribution in [3.63, 3.8) is 0 Å². The summed E-state index contributed by atoms with van der Waals surface area (Å²) >= 11 is 0. The Labute approximate surface area is 75.7 Å². The quantitative estimate of drug-likeness (QED) is 0.536. The van der Waals surface area contributed by atoms with E-state index in [0.717, 1.165) is 0 Å². The molecule has 1 aliphatic heterocycles. The Morgan fingerprint density at radius 1 is 1.62 bits per heavy atom. The monoisotopic (exact) mass is 182 g/mol. The fourth-order valence-corrected chi connectivity index (χ4v) is 1.28. The van der Waals surface area contributed by atoms with E-state index in [1.807, 2.05) is 5.92 Å². The smallest absolute Gasteiger partial charge is 0.407 e. The van der Waals surface area contributed by atoms with Gasteiger partial charge in [-0.2, -0.15) is 0 Å². The van der Waals surface area contributed by atoms with Gasteiger partial charge >= 0.3 is 6.09 Å². The predicted octanol–water partition coefficient (Wildman–Crippen LogP) is -0.512. The molecule has 5 nitrogen and oxygen atoms in total. The van der Waals surface area contributed by atoms with Crippen LogP contribution in [0, 0.1) is 12.3 Å². The summed E-state index contributed by atoms with van der Waals surface area (Å²) in [4.78, 5) is 22.5. The van der Waals surface area contributed by atoms with Crippen LogP contribution in [0.25, 0.3) is 0 Å². The van der Waals surface area contributed by atoms with E-state index in [0.29, 0.717) is 19.5 Å². The van der Waals surface area contributed by atoms with Gasteiger partial charge in [0.25, 0.3) is 5.91 Å². The van der Waals surface area contributed by atoms with Gasteiger partial charge in [-0.15, -0.1) is 6.42 Å². The third-order valence-corrected chi connectivity index (χ3v) is 1.93. The van der Waals surface area contributed by atoms with Crippen LogP contribution in [0.15, 0.2) is 0 Å². The first-order chi connectivity index (χ1) is 6.13. The van der Waals surface area contributed by atoms with Crippen LogP contribution in [0.5, 0.6) is 0 Å². The molecule has 0 aromatic rings. The first-order valence-electron chi connectivity index (χ1n) is 3.88. The number of carbonyl (C=O) groups excluding carboxylic acids is 1. The number of terminal acetylenes is 1. The number of rotatable bonds is 1. The fourth-order valence-electron chi connectivity index (χ4n) is 1.28. The van der Waals surface area contributed by atoms with E-state index in [4.69, 9.17) is 11.5 Å². The molecule has 0 radical (unpaired) electrons. The van der Waals surface area contributed by atoms with E-state index in [1.165, 1.54) is 4.90 Å². The molecule has 13 heavy (non-hydrogen) atoms. The van der Waals surface area contributed by atoms with E-state index >= 15 is 0 Å². The van der Waals surface area contributed by atoms with Gasteiger partial charge in [0.05, 0.1) is 0 Å². The lowest BCUT2D eigenvalue weighted by molar-refractivity contribution is -0.116. The van der Waals surface area contributed by atoms with Gasteiger partial charge in [0, 0.05) is 19.1 Å². The first-order valence-corrected chi connectivity index (χ1v) is 3.88. The SMILES string of the molecule is C#CC(=O)N[C@@H]1CCN(C(=O)O)C1. The van der Waals surface area contributed by atoms with E-state index in [1.54, 1.807) is 0 Å². The molecule has 0 bridgehead atoms. The lowest BCUT2D eigenvalue weighted by Crippen LogP contribution is -2.37. The van der Waals surface area contributed by atoms with Crippen LogP contribution in [0.1, 0.15) is 6.42 Å². The molecule has 0 aromatic heterocycles. The molecule has 1 atom stereocenters. The zero-order valence-corrected chi connectivity index (χ0v) is 6.99. The second-order valence-corrected chi connectivity index (χ2v) is 2.83. The predicted molar refractivity (Wildman–Crippen MR) is 45.0 cm³/mol. The Morgan fingerprint density at radius 3 is 2.77 bits per heavy atom. The molecule has 1 heterocycles. The Bertz CT molecular complexity index is 269. The third kappa shape index (κ3) is 2.37. The Kier molecular flexibility index (Phi) is 2.75. The minimum atomic E-state index is -0.961. The molecule has 0 aromatic carbocycles. The highest BCUT2D eigenvalue weighted by Gasteiger charge is 2.26. The van der Waals surface area contributed by atoms with Gasteiger partial charge in [-0.1, -0.05) is 0 Å². The molecule has 5 heteroatoms. The maximum atomic E-state index is 10.7. The molecular formula is C8H10N2O3. The average molecular weight is 182 g/mol. The minimum Gasteiger partial charge on any atom is -0.465 e. The van der Waals surface area contributed by atoms with Crippen LogP contribution in [-0.4, -0.2) is 41.1 Å². The number of carboxylic acid groups (broad SMARTS) is 1. The number of hydrogen-bond donors (Lipinski definition) is 2. The molecule has 1 rings (SSSR count). The molecule has 0 aliphatic carbocycles. The van der Waals surface area contributed by atoms with Crippen LogP contribution >= 0.6 is 0 Å². The third-order valence-electron chi connectivity index (χ3n) is 1.93. The van der Waals surface area contributed by atoms with Crippen molar-refractivity contribution in [1.29, 1.82) is 0 Å². The number of hydrogen-bond acceptors (Lipinski definition) is 2. The fraction of sp³-hybridized carbons (Fsp3) is 0.500. The van der Waals surface area contributed by atoms with Crippen molar-refractivity contribution >= 4 is 12.0 Å². The summed E-state index contributed by atoms with van der Waals surface area (Å²) in [6, 6.07) is -0.139. The zero-order valence-electron chi connectivity index (χ0n) is 6.99. The van der Waals surface area contributed by atoms with Crippen LogP contribution < -0.4 is 5.32 Å². The van der Waals surface area contributed by atoms with Crippen molar-refractivity contribution in [3.8, 4) is 12.3 Å². The van der Waals surface area contributed by atoms with Crippen molar-refractivity contribution < 1.29 is 14.7 Å². The second kappa shape index (κ2) is 3.81. The topological polar surface area (TPSA) is 69.6 Å². The van der Waals surface area contributed by atoms with Gasteiger partial charge in [0.1, 0.15) is 0 Å². The van der Waals surface area contributed by atoms with Crippen molar-refractivity contribution in [1.82, 2.24) is 10.2 Å². The highest BCUT2D eigenvalue weighted by atomic mass is 16.4. The van der Waals surface area contributed by atoms with Gasteiger partial charge in [0.15, 0.2) is 0 Å². The van der Waals surface area contributed by atoms with Gasteiger partial charge in [-0.25, -0.2) is 4.79 Å². The van der Waals surface area contributed by atoms with Crippen molar-refractivity contribution in [2.75, 3.05) is 13.1 Å². The molecule has 1 fully saturated rings. The molecule has 1 saturated heterocycles. The Balaban J connectivity index is 2.38. The number of likely N-dealkylation sites (tertiary alicyclic amines) is 1. The number of amides is 2. The van der Waals surface area contributed by atoms with E-state index in [9.17, 15) is 9.59 Å². The largest absolute Gasteiger partial charge is 0.465 e. The lowest BCUT2D eigenvalue weighted by Gasteiger charge is -2.11. The van der Waals surface area contributed by atoms with E-state index in [2.05, 4.69) is 5.32 Å². The Hall–Kier alpha value is -1.70. The van der Waals surface area contributed by atoms with Crippen molar-refractivity contribution in [2.45, 2.75) is 12.5 Å². The number of nitrogens with zero attached hydrogens (tertiary/aromatic N) is 1. The normalized spacial score (nSPS) is 20.8. The standard InChI is InChI=1S/C8H10N2O3/c1-2-7(11)9-6-3-4-10(5-6)8(12)13/h1,6H,3-5H2,(H,9,11)(H,12,13)/t6-/m1/s1. The summed E-state index contributed by atoms with van der Waals surface area (Å²) < 4.78 is 0. The Morgan fingerprint density at radius 2 is 2.31 bits per heavy atom. The van der Waals surface area contributed by atoms with Crippen LogP contribution in [0.3, 0.4) is 0 Å². The van der Waals surface area contributed by atoms with E-state index < -0.39 is 12.0 Å². The van der Waals surface area contributed by atoms with Crippen LogP contribution in [0.2, 0.25) is 0 Å². The van der Waals surface area contributed by atoms with Gasteiger partial charge in [-0.3, -0.25) is 4.79 Å². The maximum absolute atomic E-state index is 10.7. The first kappa shape index (κ1) is 9.39. The summed E-state index contributed by atoms with van der Waals surface area (Å²) in [5.41, 5.74) is 0. The molecule has 0 unspecified atom stereocenters. The molecule has 0 saturated carbocycles. The average Bonchev–Trinajstić information content (AvgIpc) is 2.52. The van der Waals surface area contributed by atoms with Gasteiger partial charge in [0.2, 0.25) is 0 Å². The lowest BCUT2D eigenvalue weighted by atomic mass is 10.2. The summed E-state index contributed by atoms with van der Waals surface area (Å²) in [5, 5.41) is 11.1. The minimum absolute atomic E-state index is 0.139. The maximum Gasteiger partial charge on any atom is 0.407 e. The van der Waals surface area contributed by atoms with Crippen molar-refractivity contribution in [3.05, 3.63) is 0 Å². The molecule has 2 amide bonds. The number of nitrogens with one attached hydrogen (secondary N) is 1. The molecular weight excluding hydrogens is 172 g/mol. The van der Waals surface area contributed by atoms with Crippen LogP contribution in [0.4, 0.5) is 4.79 Å². The molecule has 2 N–H and O–H groups in total. The van der Waals surface area contributed by atoms with Gasteiger partial charge in [-0.05, 0) is 12.3 Å². The highest BCUT2D eigenvalue weighted by molar-refractivity contribution is 5.93. The summed E-state index contributed by atoms with van der Waals surface area (Å²) in [6.45, 7) is 0.771. The summed E-state index contributed by atoms with van der Waals surface area (Å²) in [5.74, 6) is 1.43. The van der Waals surface area contributed by atoms with Crippen molar-refractivity contribution in [2.24, 2.45) is 0 Å². The molecule has 1 aliphatic rings. The molecule has 0 spiro atoms. The number of carbonyl (C=O) groups is 2. The van der Waals surface area contributed by atoms with Gasteiger partial charge < -0.3 is 15.3 Å². The second-order valence-electron chi connectivity index (χ2n) is 2.83. The summed E-state index contributed by atoms with van der Waals surface area (Å²) in [6.07, 6.45) is 4.52. The summed E-state index contributed by atoms with van der Waals surface area (Å²) in [7, 11) is 0. The zero-order chi connectivity index (χ0) is 9.84. The molecule has 70 valence electrons. The highest BCUT2D eigenvalue weighted by Crippen LogP contribution is 2.08. The van der Waals surface area contributed by atoms with Crippen LogP contribution in [-0.2, 0) is 4.79 Å².